The second kappa shape index (κ2) is 8.00. The molecule has 0 aliphatic carbocycles. The highest BCUT2D eigenvalue weighted by Crippen LogP contribution is 2.28. The highest BCUT2D eigenvalue weighted by Gasteiger charge is 2.17. The number of ether oxygens (including phenoxy) is 2. The van der Waals surface area contributed by atoms with Crippen LogP contribution in [0.25, 0.3) is 10.9 Å². The number of halogens is 3. The zero-order valence-corrected chi connectivity index (χ0v) is 14.3. The van der Waals surface area contributed by atoms with Crippen molar-refractivity contribution < 1.29 is 27.8 Å². The first kappa shape index (κ1) is 18.6. The van der Waals surface area contributed by atoms with Gasteiger partial charge in [-0.15, -0.1) is 0 Å². The topological polar surface area (TPSA) is 93.3 Å². The van der Waals surface area contributed by atoms with Crippen LogP contribution in [0.4, 0.5) is 14.5 Å². The number of para-hydroxylation sites is 1. The number of aromatic nitrogens is 2. The number of nitrogens with one attached hydrogen (secondary N) is 2. The summed E-state index contributed by atoms with van der Waals surface area (Å²) in [5, 5.41) is 9.47. The SMILES string of the molecule is O=C(COC(=O)c1n[nH]c2ccccc12)Nc1ccc(OC(F)F)c(Cl)c1. The number of esters is 1. The number of H-pyrrole nitrogens is 1. The molecule has 3 aromatic rings. The minimum Gasteiger partial charge on any atom is -0.451 e. The number of aromatic amines is 1. The van der Waals surface area contributed by atoms with Gasteiger partial charge in [0, 0.05) is 11.1 Å². The second-order valence-corrected chi connectivity index (χ2v) is 5.67. The number of hydrogen-bond donors (Lipinski definition) is 2. The summed E-state index contributed by atoms with van der Waals surface area (Å²) in [4.78, 5) is 24.0. The van der Waals surface area contributed by atoms with Crippen molar-refractivity contribution in [2.75, 3.05) is 11.9 Å². The number of rotatable bonds is 6. The average molecular weight is 396 g/mol. The van der Waals surface area contributed by atoms with E-state index in [1.165, 1.54) is 18.2 Å². The Morgan fingerprint density at radius 1 is 1.22 bits per heavy atom. The Morgan fingerprint density at radius 3 is 2.74 bits per heavy atom. The van der Waals surface area contributed by atoms with Crippen LogP contribution in [0.1, 0.15) is 10.5 Å². The van der Waals surface area contributed by atoms with Crippen LogP contribution in [0.3, 0.4) is 0 Å². The monoisotopic (exact) mass is 395 g/mol. The fraction of sp³-hybridized carbons (Fsp3) is 0.118. The molecular weight excluding hydrogens is 384 g/mol. The van der Waals surface area contributed by atoms with Gasteiger partial charge in [0.1, 0.15) is 5.75 Å². The maximum Gasteiger partial charge on any atom is 0.387 e. The molecule has 0 spiro atoms. The number of fused-ring (bicyclic) bond motifs is 1. The lowest BCUT2D eigenvalue weighted by atomic mass is 10.2. The predicted molar refractivity (Wildman–Crippen MR) is 93.1 cm³/mol. The van der Waals surface area contributed by atoms with E-state index in [9.17, 15) is 18.4 Å². The van der Waals surface area contributed by atoms with E-state index in [0.29, 0.717) is 10.9 Å². The molecule has 2 aromatic carbocycles. The van der Waals surface area contributed by atoms with Gasteiger partial charge in [0.2, 0.25) is 0 Å². The number of nitrogens with zero attached hydrogens (tertiary/aromatic N) is 1. The molecule has 0 aliphatic rings. The number of carbonyl (C=O) groups excluding carboxylic acids is 2. The summed E-state index contributed by atoms with van der Waals surface area (Å²) in [5.74, 6) is -1.62. The summed E-state index contributed by atoms with van der Waals surface area (Å²) in [5.41, 5.74) is 0.956. The van der Waals surface area contributed by atoms with Crippen LogP contribution in [-0.2, 0) is 9.53 Å². The average Bonchev–Trinajstić information content (AvgIpc) is 3.06. The lowest BCUT2D eigenvalue weighted by molar-refractivity contribution is -0.119. The van der Waals surface area contributed by atoms with Crippen LogP contribution in [-0.4, -0.2) is 35.3 Å². The first-order chi connectivity index (χ1) is 12.9. The van der Waals surface area contributed by atoms with Gasteiger partial charge in [-0.2, -0.15) is 13.9 Å². The molecular formula is C17H12ClF2N3O4. The molecule has 0 bridgehead atoms. The van der Waals surface area contributed by atoms with Gasteiger partial charge in [-0.1, -0.05) is 29.8 Å². The zero-order chi connectivity index (χ0) is 19.4. The van der Waals surface area contributed by atoms with Crippen LogP contribution in [0.2, 0.25) is 5.02 Å². The van der Waals surface area contributed by atoms with Gasteiger partial charge in [-0.3, -0.25) is 9.89 Å². The summed E-state index contributed by atoms with van der Waals surface area (Å²) >= 11 is 5.80. The van der Waals surface area contributed by atoms with Gasteiger partial charge in [0.05, 0.1) is 10.5 Å². The van der Waals surface area contributed by atoms with Crippen LogP contribution in [0.5, 0.6) is 5.75 Å². The summed E-state index contributed by atoms with van der Waals surface area (Å²) in [6.07, 6.45) is 0. The molecule has 3 rings (SSSR count). The van der Waals surface area contributed by atoms with Gasteiger partial charge in [0.25, 0.3) is 5.91 Å². The normalized spacial score (nSPS) is 10.8. The van der Waals surface area contributed by atoms with E-state index < -0.39 is 25.1 Å². The van der Waals surface area contributed by atoms with E-state index in [2.05, 4.69) is 20.3 Å². The van der Waals surface area contributed by atoms with E-state index in [0.717, 1.165) is 0 Å². The Bertz CT molecular complexity index is 993. The molecule has 0 aliphatic heterocycles. The van der Waals surface area contributed by atoms with Crippen LogP contribution in [0, 0.1) is 0 Å². The summed E-state index contributed by atoms with van der Waals surface area (Å²) in [7, 11) is 0. The first-order valence-electron chi connectivity index (χ1n) is 7.58. The van der Waals surface area contributed by atoms with Crippen LogP contribution < -0.4 is 10.1 Å². The van der Waals surface area contributed by atoms with Crippen molar-refractivity contribution in [3.8, 4) is 5.75 Å². The third-order valence-corrected chi connectivity index (χ3v) is 3.73. The van der Waals surface area contributed by atoms with E-state index >= 15 is 0 Å². The molecule has 1 heterocycles. The summed E-state index contributed by atoms with van der Waals surface area (Å²) in [6.45, 7) is -3.58. The Hall–Kier alpha value is -3.20. The second-order valence-electron chi connectivity index (χ2n) is 5.27. The van der Waals surface area contributed by atoms with Gasteiger partial charge < -0.3 is 14.8 Å². The molecule has 0 fully saturated rings. The predicted octanol–water partition coefficient (Wildman–Crippen LogP) is 3.61. The Morgan fingerprint density at radius 2 is 2.00 bits per heavy atom. The number of carbonyl (C=O) groups is 2. The quantitative estimate of drug-likeness (QED) is 0.622. The summed E-state index contributed by atoms with van der Waals surface area (Å²) < 4.78 is 33.5. The van der Waals surface area contributed by atoms with Crippen molar-refractivity contribution in [2.24, 2.45) is 0 Å². The first-order valence-corrected chi connectivity index (χ1v) is 7.96. The Kier molecular flexibility index (Phi) is 5.51. The molecule has 1 amide bonds. The Balaban J connectivity index is 1.58. The molecule has 10 heteroatoms. The number of benzene rings is 2. The lowest BCUT2D eigenvalue weighted by Gasteiger charge is -2.09. The minimum atomic E-state index is -3.01. The molecule has 0 atom stereocenters. The molecule has 7 nitrogen and oxygen atoms in total. The van der Waals surface area contributed by atoms with Gasteiger partial charge in [-0.05, 0) is 24.3 Å². The molecule has 0 radical (unpaired) electrons. The van der Waals surface area contributed by atoms with E-state index in [4.69, 9.17) is 16.3 Å². The highest BCUT2D eigenvalue weighted by atomic mass is 35.5. The van der Waals surface area contributed by atoms with Gasteiger partial charge in [-0.25, -0.2) is 4.79 Å². The number of hydrogen-bond acceptors (Lipinski definition) is 5. The molecule has 27 heavy (non-hydrogen) atoms. The molecule has 0 saturated heterocycles. The van der Waals surface area contributed by atoms with Crippen molar-refractivity contribution in [3.05, 3.63) is 53.2 Å². The van der Waals surface area contributed by atoms with Crippen molar-refractivity contribution in [1.29, 1.82) is 0 Å². The van der Waals surface area contributed by atoms with Crippen molar-refractivity contribution >= 4 is 40.1 Å². The largest absolute Gasteiger partial charge is 0.451 e. The van der Waals surface area contributed by atoms with Crippen LogP contribution >= 0.6 is 11.6 Å². The highest BCUT2D eigenvalue weighted by molar-refractivity contribution is 6.32. The van der Waals surface area contributed by atoms with E-state index in [-0.39, 0.29) is 22.2 Å². The Labute approximate surface area is 156 Å². The van der Waals surface area contributed by atoms with Crippen molar-refractivity contribution in [3.63, 3.8) is 0 Å². The standard InChI is InChI=1S/C17H12ClF2N3O4/c18-11-7-9(5-6-13(11)27-17(19)20)21-14(24)8-26-16(25)15-10-3-1-2-4-12(10)22-23-15/h1-7,17H,8H2,(H,21,24)(H,22,23). The molecule has 1 aromatic heterocycles. The molecule has 0 unspecified atom stereocenters. The lowest BCUT2D eigenvalue weighted by Crippen LogP contribution is -2.21. The minimum absolute atomic E-state index is 0.0648. The third-order valence-electron chi connectivity index (χ3n) is 3.43. The van der Waals surface area contributed by atoms with Crippen molar-refractivity contribution in [1.82, 2.24) is 10.2 Å². The smallest absolute Gasteiger partial charge is 0.387 e. The van der Waals surface area contributed by atoms with Crippen molar-refractivity contribution in [2.45, 2.75) is 6.61 Å². The number of amides is 1. The fourth-order valence-electron chi connectivity index (χ4n) is 2.29. The maximum atomic E-state index is 12.2. The fourth-order valence-corrected chi connectivity index (χ4v) is 2.51. The third kappa shape index (κ3) is 4.50. The van der Waals surface area contributed by atoms with Gasteiger partial charge in [0.15, 0.2) is 12.3 Å². The number of alkyl halides is 2. The maximum absolute atomic E-state index is 12.2. The van der Waals surface area contributed by atoms with E-state index in [1.807, 2.05) is 0 Å². The molecule has 0 saturated carbocycles. The zero-order valence-electron chi connectivity index (χ0n) is 13.5. The molecule has 2 N–H and O–H groups in total. The molecule has 140 valence electrons. The van der Waals surface area contributed by atoms with E-state index in [1.54, 1.807) is 24.3 Å². The van der Waals surface area contributed by atoms with Gasteiger partial charge >= 0.3 is 12.6 Å². The summed E-state index contributed by atoms with van der Waals surface area (Å²) in [6, 6.07) is 10.7. The van der Waals surface area contributed by atoms with Crippen LogP contribution in [0.15, 0.2) is 42.5 Å². The number of anilines is 1.